The van der Waals surface area contributed by atoms with Gasteiger partial charge in [0.1, 0.15) is 0 Å². The molecule has 0 spiro atoms. The average Bonchev–Trinajstić information content (AvgIpc) is 1.27. The van der Waals surface area contributed by atoms with E-state index in [-0.39, 0.29) is 32.4 Å². The van der Waals surface area contributed by atoms with Crippen LogP contribution in [0, 0.1) is 0 Å². The van der Waals surface area contributed by atoms with E-state index in [0.29, 0.717) is 15.2 Å². The van der Waals surface area contributed by atoms with Crippen molar-refractivity contribution in [1.29, 1.82) is 0 Å². The maximum atomic E-state index is 2.30. The summed E-state index contributed by atoms with van der Waals surface area (Å²) in [6, 6.07) is 0. The summed E-state index contributed by atoms with van der Waals surface area (Å²) in [5.41, 5.74) is 0. The smallest absolute Gasteiger partial charge is 1.00 e. The predicted octanol–water partition coefficient (Wildman–Crippen LogP) is -0.424. The molecule has 0 aliphatic heterocycles. The minimum absolute atomic E-state index is 0. The van der Waals surface area contributed by atoms with Gasteiger partial charge in [0.05, 0.1) is 0 Å². The van der Waals surface area contributed by atoms with Crippen molar-refractivity contribution in [1.82, 2.24) is 0 Å². The van der Waals surface area contributed by atoms with E-state index in [2.05, 4.69) is 27.7 Å². The van der Waals surface area contributed by atoms with Crippen LogP contribution < -0.4 is 29.6 Å². The third kappa shape index (κ3) is 10.5. The van der Waals surface area contributed by atoms with Crippen LogP contribution >= 0.6 is 0 Å². The number of hydrogen-bond donors (Lipinski definition) is 0. The molecule has 0 unspecified atom stereocenters. The maximum absolute atomic E-state index is 2.30. The summed E-state index contributed by atoms with van der Waals surface area (Å²) in [7, 11) is 0. The summed E-state index contributed by atoms with van der Waals surface area (Å²) in [5, 5.41) is 0. The van der Waals surface area contributed by atoms with E-state index in [1.54, 1.807) is 0 Å². The zero-order chi connectivity index (χ0) is 5.86. The van der Waals surface area contributed by atoms with Crippen molar-refractivity contribution < 1.29 is 32.4 Å². The van der Waals surface area contributed by atoms with Crippen LogP contribution in [0.4, 0.5) is 0 Å². The molecule has 2 heteroatoms. The summed E-state index contributed by atoms with van der Waals surface area (Å²) in [6.45, 7) is 9.20. The fraction of sp³-hybridized carbons (Fsp3) is 1.00. The summed E-state index contributed by atoms with van der Waals surface area (Å²) in [6.07, 6.45) is 0. The summed E-state index contributed by atoms with van der Waals surface area (Å²) in [5.74, 6) is 0. The molecular weight excluding hydrogens is 122 g/mol. The van der Waals surface area contributed by atoms with Crippen molar-refractivity contribution >= 4 is 15.2 Å². The fourth-order valence-corrected chi connectivity index (χ4v) is 2.31. The average molecular weight is 138 g/mol. The molecule has 8 heavy (non-hydrogen) atoms. The second kappa shape index (κ2) is 6.65. The SMILES string of the molecule is C[CH](C)[Al+][CH](C)C.[H-].[H-].[Na+]. The van der Waals surface area contributed by atoms with Crippen LogP contribution in [0.1, 0.15) is 30.5 Å². The molecule has 0 nitrogen and oxygen atoms in total. The second-order valence-corrected chi connectivity index (χ2v) is 5.73. The van der Waals surface area contributed by atoms with Crippen molar-refractivity contribution in [2.45, 2.75) is 37.3 Å². The van der Waals surface area contributed by atoms with Gasteiger partial charge in [-0.2, -0.15) is 0 Å². The Morgan fingerprint density at radius 3 is 1.25 bits per heavy atom. The van der Waals surface area contributed by atoms with Gasteiger partial charge in [-0.1, -0.05) is 0 Å². The molecule has 0 N–H and O–H groups in total. The normalized spacial score (nSPS) is 8.75. The topological polar surface area (TPSA) is 0 Å². The Morgan fingerprint density at radius 2 is 1.25 bits per heavy atom. The quantitative estimate of drug-likeness (QED) is 0.454. The third-order valence-electron chi connectivity index (χ3n) is 0.770. The third-order valence-corrected chi connectivity index (χ3v) is 2.31. The Balaban J connectivity index is -0.0000000600. The van der Waals surface area contributed by atoms with E-state index >= 15 is 0 Å². The number of rotatable bonds is 2. The van der Waals surface area contributed by atoms with E-state index in [1.165, 1.54) is 0 Å². The van der Waals surface area contributed by atoms with E-state index < -0.39 is 0 Å². The summed E-state index contributed by atoms with van der Waals surface area (Å²) in [4.78, 5) is 0. The van der Waals surface area contributed by atoms with Gasteiger partial charge in [0.15, 0.2) is 0 Å². The van der Waals surface area contributed by atoms with Crippen molar-refractivity contribution in [2.75, 3.05) is 0 Å². The first-order valence-electron chi connectivity index (χ1n) is 2.98. The fourth-order valence-electron chi connectivity index (χ4n) is 0.770. The van der Waals surface area contributed by atoms with Gasteiger partial charge in [0, 0.05) is 0 Å². The van der Waals surface area contributed by atoms with Gasteiger partial charge in [0.25, 0.3) is 0 Å². The Hall–Kier alpha value is 1.53. The van der Waals surface area contributed by atoms with Crippen LogP contribution in [0.5, 0.6) is 0 Å². The van der Waals surface area contributed by atoms with E-state index in [4.69, 9.17) is 0 Å². The van der Waals surface area contributed by atoms with Crippen molar-refractivity contribution in [3.63, 3.8) is 0 Å². The Labute approximate surface area is 84.4 Å². The molecule has 0 heterocycles. The summed E-state index contributed by atoms with van der Waals surface area (Å²) >= 11 is 0.713. The van der Waals surface area contributed by atoms with Gasteiger partial charge in [-0.3, -0.25) is 0 Å². The molecule has 0 bridgehead atoms. The van der Waals surface area contributed by atoms with Gasteiger partial charge >= 0.3 is 82.0 Å². The minimum Gasteiger partial charge on any atom is -1.00 e. The Bertz CT molecular complexity index is 45.0. The summed E-state index contributed by atoms with van der Waals surface area (Å²) < 4.78 is 1.92. The van der Waals surface area contributed by atoms with Crippen LogP contribution in [0.15, 0.2) is 0 Å². The van der Waals surface area contributed by atoms with Gasteiger partial charge < -0.3 is 2.85 Å². The monoisotopic (exact) mass is 138 g/mol. The van der Waals surface area contributed by atoms with Crippen molar-refractivity contribution in [2.24, 2.45) is 0 Å². The molecular formula is C6H16AlNa. The van der Waals surface area contributed by atoms with Crippen LogP contribution in [0.3, 0.4) is 0 Å². The molecule has 0 fully saturated rings. The first-order valence-corrected chi connectivity index (χ1v) is 4.31. The first-order chi connectivity index (χ1) is 3.13. The number of hydrogen-bond acceptors (Lipinski definition) is 0. The Morgan fingerprint density at radius 1 is 1.00 bits per heavy atom. The predicted molar refractivity (Wildman–Crippen MR) is 38.2 cm³/mol. The zero-order valence-corrected chi connectivity index (χ0v) is 9.89. The van der Waals surface area contributed by atoms with E-state index in [0.717, 1.165) is 9.56 Å². The molecule has 0 saturated heterocycles. The van der Waals surface area contributed by atoms with Gasteiger partial charge in [0.2, 0.25) is 0 Å². The molecule has 0 aliphatic carbocycles. The Kier molecular flexibility index (Phi) is 10.2. The van der Waals surface area contributed by atoms with Gasteiger partial charge in [-0.15, -0.1) is 0 Å². The molecule has 0 aromatic heterocycles. The van der Waals surface area contributed by atoms with Gasteiger partial charge in [-0.05, 0) is 0 Å². The van der Waals surface area contributed by atoms with Crippen molar-refractivity contribution in [3.05, 3.63) is 0 Å². The maximum Gasteiger partial charge on any atom is 1.00 e. The molecule has 0 aromatic carbocycles. The van der Waals surface area contributed by atoms with Gasteiger partial charge in [-0.25, -0.2) is 0 Å². The molecule has 0 radical (unpaired) electrons. The minimum atomic E-state index is 0. The largest absolute Gasteiger partial charge is 1.00 e. The molecule has 0 atom stereocenters. The molecule has 0 aliphatic rings. The van der Waals surface area contributed by atoms with Crippen LogP contribution in [0.25, 0.3) is 0 Å². The first kappa shape index (κ1) is 12.2. The van der Waals surface area contributed by atoms with Crippen LogP contribution in [-0.4, -0.2) is 15.2 Å². The van der Waals surface area contributed by atoms with E-state index in [9.17, 15) is 0 Å². The molecule has 0 saturated carbocycles. The van der Waals surface area contributed by atoms with Crippen LogP contribution in [0.2, 0.25) is 9.56 Å². The molecule has 44 valence electrons. The van der Waals surface area contributed by atoms with Crippen molar-refractivity contribution in [3.8, 4) is 0 Å². The molecule has 0 aromatic rings. The second-order valence-electron chi connectivity index (χ2n) is 2.68. The standard InChI is InChI=1S/2C3H7.Al.Na.2H/c2*1-3-2;;;;/h2*3H,1-2H3;;;;/q;;2*+1;2*-1. The zero-order valence-electron chi connectivity index (χ0n) is 8.73. The molecule has 0 amide bonds. The molecule has 0 rings (SSSR count). The van der Waals surface area contributed by atoms with E-state index in [1.807, 2.05) is 0 Å². The van der Waals surface area contributed by atoms with Crippen LogP contribution in [-0.2, 0) is 0 Å².